The lowest BCUT2D eigenvalue weighted by molar-refractivity contribution is -0.158. The molecule has 0 radical (unpaired) electrons. The summed E-state index contributed by atoms with van der Waals surface area (Å²) in [6.07, 6.45) is 0.770. The fourth-order valence-electron chi connectivity index (χ4n) is 5.20. The van der Waals surface area contributed by atoms with E-state index in [9.17, 15) is 9.59 Å². The van der Waals surface area contributed by atoms with E-state index in [1.165, 1.54) is 0 Å². The van der Waals surface area contributed by atoms with Crippen molar-refractivity contribution in [2.75, 3.05) is 47.0 Å². The number of hydrogen-bond acceptors (Lipinski definition) is 9. The molecule has 0 bridgehead atoms. The van der Waals surface area contributed by atoms with Crippen molar-refractivity contribution in [2.45, 2.75) is 25.6 Å². The molecule has 1 aromatic heterocycles. The lowest BCUT2D eigenvalue weighted by atomic mass is 9.91. The van der Waals surface area contributed by atoms with Crippen molar-refractivity contribution >= 4 is 16.9 Å². The average molecular weight is 523 g/mol. The number of methoxy groups -OCH3 is 1. The number of piperidine rings is 1. The van der Waals surface area contributed by atoms with Crippen LogP contribution in [0.25, 0.3) is 10.9 Å². The Morgan fingerprint density at radius 3 is 2.68 bits per heavy atom. The molecule has 2 unspecified atom stereocenters. The third-order valence-electron chi connectivity index (χ3n) is 7.22. The maximum atomic E-state index is 12.9. The fourth-order valence-corrected chi connectivity index (χ4v) is 5.20. The second kappa shape index (κ2) is 11.8. The number of hydrogen-bond donors (Lipinski definition) is 2. The number of ether oxygens (including phenoxy) is 3. The summed E-state index contributed by atoms with van der Waals surface area (Å²) in [5, 5.41) is 4.53. The van der Waals surface area contributed by atoms with E-state index in [2.05, 4.69) is 15.7 Å². The van der Waals surface area contributed by atoms with Gasteiger partial charge in [-0.25, -0.2) is 4.79 Å². The SMILES string of the molecule is CNOC(=O)C1CN(CCn2c(=O)ccc3ccc(OC)cc32)CCC1NCc1ccc2c(c1)OCCO2. The summed E-state index contributed by atoms with van der Waals surface area (Å²) in [5.41, 5.74) is 4.35. The molecule has 0 spiro atoms. The minimum Gasteiger partial charge on any atom is -0.497 e. The molecule has 2 N–H and O–H groups in total. The Labute approximate surface area is 221 Å². The molecule has 2 aliphatic heterocycles. The van der Waals surface area contributed by atoms with E-state index in [0.29, 0.717) is 45.1 Å². The second-order valence-electron chi connectivity index (χ2n) is 9.53. The van der Waals surface area contributed by atoms with Crippen LogP contribution < -0.4 is 30.6 Å². The van der Waals surface area contributed by atoms with Crippen molar-refractivity contribution in [1.82, 2.24) is 20.3 Å². The van der Waals surface area contributed by atoms with Gasteiger partial charge in [0.25, 0.3) is 5.56 Å². The largest absolute Gasteiger partial charge is 0.497 e. The lowest BCUT2D eigenvalue weighted by Crippen LogP contribution is -2.53. The van der Waals surface area contributed by atoms with Crippen molar-refractivity contribution in [3.8, 4) is 17.2 Å². The topological polar surface area (TPSA) is 103 Å². The number of rotatable bonds is 9. The number of hydroxylamine groups is 1. The van der Waals surface area contributed by atoms with Crippen molar-refractivity contribution in [2.24, 2.45) is 5.92 Å². The molecule has 0 saturated carbocycles. The van der Waals surface area contributed by atoms with Gasteiger partial charge in [0.1, 0.15) is 19.0 Å². The van der Waals surface area contributed by atoms with Gasteiger partial charge in [-0.2, -0.15) is 5.48 Å². The zero-order valence-corrected chi connectivity index (χ0v) is 21.8. The van der Waals surface area contributed by atoms with Crippen LogP contribution in [0.2, 0.25) is 0 Å². The average Bonchev–Trinajstić information content (AvgIpc) is 2.95. The maximum Gasteiger partial charge on any atom is 0.330 e. The molecular weight excluding hydrogens is 488 g/mol. The van der Waals surface area contributed by atoms with Gasteiger partial charge in [-0.15, -0.1) is 0 Å². The Balaban J connectivity index is 1.25. The highest BCUT2D eigenvalue weighted by Gasteiger charge is 2.35. The predicted octanol–water partition coefficient (Wildman–Crippen LogP) is 1.94. The van der Waals surface area contributed by atoms with Gasteiger partial charge in [0.15, 0.2) is 11.5 Å². The molecule has 3 aromatic rings. The van der Waals surface area contributed by atoms with Gasteiger partial charge < -0.3 is 33.8 Å². The van der Waals surface area contributed by atoms with Gasteiger partial charge in [-0.3, -0.25) is 4.79 Å². The first-order valence-electron chi connectivity index (χ1n) is 12.9. The Morgan fingerprint density at radius 1 is 1.05 bits per heavy atom. The summed E-state index contributed by atoms with van der Waals surface area (Å²) in [7, 11) is 3.19. The number of pyridine rings is 1. The normalized spacial score (nSPS) is 19.3. The van der Waals surface area contributed by atoms with E-state index in [4.69, 9.17) is 19.0 Å². The van der Waals surface area contributed by atoms with E-state index in [1.54, 1.807) is 24.8 Å². The van der Waals surface area contributed by atoms with Crippen molar-refractivity contribution in [1.29, 1.82) is 0 Å². The highest BCUT2D eigenvalue weighted by atomic mass is 16.7. The Hall–Kier alpha value is -3.60. The van der Waals surface area contributed by atoms with Crippen LogP contribution in [-0.2, 0) is 22.7 Å². The molecule has 38 heavy (non-hydrogen) atoms. The number of likely N-dealkylation sites (tertiary alicyclic amines) is 1. The first-order chi connectivity index (χ1) is 18.6. The summed E-state index contributed by atoms with van der Waals surface area (Å²) in [4.78, 5) is 33.0. The molecule has 2 aromatic carbocycles. The Kier molecular flexibility index (Phi) is 8.11. The summed E-state index contributed by atoms with van der Waals surface area (Å²) in [6, 6.07) is 15.0. The molecule has 1 saturated heterocycles. The first-order valence-corrected chi connectivity index (χ1v) is 12.9. The molecule has 1 fully saturated rings. The summed E-state index contributed by atoms with van der Waals surface area (Å²) < 4.78 is 18.4. The molecular formula is C28H34N4O6. The minimum absolute atomic E-state index is 0.0511. The molecule has 10 nitrogen and oxygen atoms in total. The molecule has 10 heteroatoms. The number of carbonyl (C=O) groups excluding carboxylic acids is 1. The van der Waals surface area contributed by atoms with Crippen LogP contribution in [0.4, 0.5) is 0 Å². The summed E-state index contributed by atoms with van der Waals surface area (Å²) in [5.74, 6) is 1.55. The van der Waals surface area contributed by atoms with Crippen LogP contribution in [0.5, 0.6) is 17.2 Å². The molecule has 2 aliphatic rings. The molecule has 202 valence electrons. The van der Waals surface area contributed by atoms with Gasteiger partial charge >= 0.3 is 5.97 Å². The number of benzene rings is 2. The van der Waals surface area contributed by atoms with Crippen molar-refractivity contribution in [3.05, 3.63) is 64.4 Å². The van der Waals surface area contributed by atoms with E-state index >= 15 is 0 Å². The van der Waals surface area contributed by atoms with Crippen LogP contribution in [0.3, 0.4) is 0 Å². The quantitative estimate of drug-likeness (QED) is 0.408. The van der Waals surface area contributed by atoms with E-state index < -0.39 is 0 Å². The molecule has 0 amide bonds. The van der Waals surface area contributed by atoms with Crippen molar-refractivity contribution < 1.29 is 23.8 Å². The maximum absolute atomic E-state index is 12.9. The molecule has 5 rings (SSSR count). The summed E-state index contributed by atoms with van der Waals surface area (Å²) >= 11 is 0. The van der Waals surface area contributed by atoms with Crippen molar-refractivity contribution in [3.63, 3.8) is 0 Å². The number of aromatic nitrogens is 1. The van der Waals surface area contributed by atoms with E-state index in [0.717, 1.165) is 40.9 Å². The highest BCUT2D eigenvalue weighted by Crippen LogP contribution is 2.31. The standard InChI is InChI=1S/C28H34N4O6/c1-29-38-28(34)22-18-31(11-12-32-24-16-21(35-2)6-4-20(24)5-8-27(32)33)10-9-23(22)30-17-19-3-7-25-26(15-19)37-14-13-36-25/h3-8,15-16,22-23,29-30H,9-14,17-18H2,1-2H3. The van der Waals surface area contributed by atoms with Crippen LogP contribution >= 0.6 is 0 Å². The lowest BCUT2D eigenvalue weighted by Gasteiger charge is -2.37. The van der Waals surface area contributed by atoms with E-state index in [1.807, 2.05) is 42.5 Å². The monoisotopic (exact) mass is 522 g/mol. The number of nitrogens with one attached hydrogen (secondary N) is 2. The van der Waals surface area contributed by atoms with E-state index in [-0.39, 0.29) is 23.5 Å². The zero-order chi connectivity index (χ0) is 26.5. The molecule has 2 atom stereocenters. The smallest absolute Gasteiger partial charge is 0.330 e. The zero-order valence-electron chi connectivity index (χ0n) is 21.8. The van der Waals surface area contributed by atoms with Gasteiger partial charge in [0.2, 0.25) is 0 Å². The first kappa shape index (κ1) is 26.0. The highest BCUT2D eigenvalue weighted by molar-refractivity contribution is 5.80. The summed E-state index contributed by atoms with van der Waals surface area (Å²) in [6.45, 7) is 4.16. The van der Waals surface area contributed by atoms with Gasteiger partial charge in [-0.1, -0.05) is 6.07 Å². The number of carbonyl (C=O) groups is 1. The Bertz CT molecular complexity index is 1340. The minimum atomic E-state index is -0.363. The van der Waals surface area contributed by atoms with Crippen LogP contribution in [0, 0.1) is 5.92 Å². The predicted molar refractivity (Wildman–Crippen MR) is 143 cm³/mol. The Morgan fingerprint density at radius 2 is 1.87 bits per heavy atom. The molecule has 0 aliphatic carbocycles. The second-order valence-corrected chi connectivity index (χ2v) is 9.53. The third kappa shape index (κ3) is 5.77. The third-order valence-corrected chi connectivity index (χ3v) is 7.22. The van der Waals surface area contributed by atoms with Crippen LogP contribution in [0.1, 0.15) is 12.0 Å². The number of fused-ring (bicyclic) bond motifs is 2. The van der Waals surface area contributed by atoms with Crippen LogP contribution in [0.15, 0.2) is 53.3 Å². The van der Waals surface area contributed by atoms with Gasteiger partial charge in [-0.05, 0) is 54.2 Å². The fraction of sp³-hybridized carbons (Fsp3) is 0.429. The van der Waals surface area contributed by atoms with Crippen LogP contribution in [-0.4, -0.2) is 68.5 Å². The number of nitrogens with zero attached hydrogens (tertiary/aromatic N) is 2. The molecule has 3 heterocycles. The van der Waals surface area contributed by atoms with Gasteiger partial charge in [0, 0.05) is 51.4 Å². The van der Waals surface area contributed by atoms with Gasteiger partial charge in [0.05, 0.1) is 18.5 Å².